The monoisotopic (exact) mass is 472 g/mol. The molecule has 0 N–H and O–H groups in total. The summed E-state index contributed by atoms with van der Waals surface area (Å²) in [6.45, 7) is 3.08. The molecule has 0 amide bonds. The molecular weight excluding hydrogens is 448 g/mol. The van der Waals surface area contributed by atoms with Crippen molar-refractivity contribution in [3.63, 3.8) is 0 Å². The molecule has 7 nitrogen and oxygen atoms in total. The number of ether oxygens (including phenoxy) is 1. The maximum atomic E-state index is 13.2. The van der Waals surface area contributed by atoms with Crippen molar-refractivity contribution in [3.8, 4) is 0 Å². The molecule has 0 saturated carbocycles. The summed E-state index contributed by atoms with van der Waals surface area (Å²) in [5, 5.41) is 0. The van der Waals surface area contributed by atoms with E-state index < -0.39 is 16.1 Å². The first kappa shape index (κ1) is 21.5. The molecule has 1 aliphatic heterocycles. The molecule has 0 radical (unpaired) electrons. The van der Waals surface area contributed by atoms with Crippen LogP contribution in [-0.2, 0) is 27.6 Å². The molecule has 1 aliphatic carbocycles. The second kappa shape index (κ2) is 8.22. The van der Waals surface area contributed by atoms with Crippen LogP contribution >= 0.6 is 11.3 Å². The summed E-state index contributed by atoms with van der Waals surface area (Å²) in [4.78, 5) is 25.9. The summed E-state index contributed by atoms with van der Waals surface area (Å²) in [5.41, 5.74) is 3.68. The van der Waals surface area contributed by atoms with Gasteiger partial charge in [0.15, 0.2) is 5.78 Å². The molecule has 1 aromatic heterocycles. The van der Waals surface area contributed by atoms with Crippen LogP contribution in [0.2, 0.25) is 0 Å². The van der Waals surface area contributed by atoms with Gasteiger partial charge in [0.1, 0.15) is 0 Å². The van der Waals surface area contributed by atoms with Crippen LogP contribution in [0.15, 0.2) is 46.1 Å². The van der Waals surface area contributed by atoms with Gasteiger partial charge in [-0.25, -0.2) is 8.42 Å². The Morgan fingerprint density at radius 2 is 1.81 bits per heavy atom. The highest BCUT2D eigenvalue weighted by atomic mass is 32.2. The minimum atomic E-state index is -3.66. The topological polar surface area (TPSA) is 85.7 Å². The number of fused-ring (bicyclic) bond motifs is 2. The minimum Gasteiger partial charge on any atom is -0.379 e. The van der Waals surface area contributed by atoms with Gasteiger partial charge < -0.3 is 4.74 Å². The SMILES string of the molecule is C[C@H](C(=O)c1ccc2c(c1)CCC2)n1c(=O)sc2cc(S(=O)(=O)N3CCOCC3)ccc21. The maximum absolute atomic E-state index is 13.2. The quantitative estimate of drug-likeness (QED) is 0.533. The molecule has 2 heterocycles. The Kier molecular flexibility index (Phi) is 5.53. The number of carbonyl (C=O) groups is 1. The second-order valence-electron chi connectivity index (χ2n) is 8.26. The Morgan fingerprint density at radius 3 is 2.59 bits per heavy atom. The molecule has 1 saturated heterocycles. The van der Waals surface area contributed by atoms with E-state index in [4.69, 9.17) is 4.74 Å². The number of morpholine rings is 1. The zero-order valence-electron chi connectivity index (χ0n) is 17.7. The number of nitrogens with zero attached hydrogens (tertiary/aromatic N) is 2. The fraction of sp³-hybridized carbons (Fsp3) is 0.391. The highest BCUT2D eigenvalue weighted by molar-refractivity contribution is 7.89. The molecule has 2 aromatic carbocycles. The molecule has 0 unspecified atom stereocenters. The molecule has 32 heavy (non-hydrogen) atoms. The lowest BCUT2D eigenvalue weighted by Gasteiger charge is -2.26. The van der Waals surface area contributed by atoms with Crippen molar-refractivity contribution >= 4 is 37.4 Å². The van der Waals surface area contributed by atoms with Crippen LogP contribution in [0.4, 0.5) is 0 Å². The molecule has 9 heteroatoms. The van der Waals surface area contributed by atoms with E-state index in [0.29, 0.717) is 42.1 Å². The predicted octanol–water partition coefficient (Wildman–Crippen LogP) is 3.02. The van der Waals surface area contributed by atoms with E-state index >= 15 is 0 Å². The van der Waals surface area contributed by atoms with Crippen LogP contribution in [0, 0.1) is 0 Å². The van der Waals surface area contributed by atoms with E-state index in [0.717, 1.165) is 30.6 Å². The Hall–Kier alpha value is -2.33. The van der Waals surface area contributed by atoms with E-state index in [2.05, 4.69) is 0 Å². The standard InChI is InChI=1S/C23H24N2O5S2/c1-15(22(26)18-6-5-16-3-2-4-17(16)13-18)25-20-8-7-19(14-21(20)31-23(25)27)32(28,29)24-9-11-30-12-10-24/h5-8,13-15H,2-4,9-12H2,1H3/t15-/m1/s1. The number of aromatic nitrogens is 1. The molecule has 1 atom stereocenters. The third-order valence-electron chi connectivity index (χ3n) is 6.34. The summed E-state index contributed by atoms with van der Waals surface area (Å²) in [6, 6.07) is 9.81. The number of Topliss-reactive ketones (excluding diaryl/α,β-unsaturated/α-hetero) is 1. The van der Waals surface area contributed by atoms with Crippen LogP contribution in [0.3, 0.4) is 0 Å². The fourth-order valence-corrected chi connectivity index (χ4v) is 7.07. The first-order valence-electron chi connectivity index (χ1n) is 10.8. The summed E-state index contributed by atoms with van der Waals surface area (Å²) >= 11 is 0.964. The van der Waals surface area contributed by atoms with Crippen molar-refractivity contribution in [2.45, 2.75) is 37.1 Å². The van der Waals surface area contributed by atoms with E-state index in [1.165, 1.54) is 32.1 Å². The van der Waals surface area contributed by atoms with Gasteiger partial charge in [-0.05, 0) is 61.6 Å². The lowest BCUT2D eigenvalue weighted by atomic mass is 10.00. The van der Waals surface area contributed by atoms with Crippen LogP contribution in [0.1, 0.15) is 40.9 Å². The first-order chi connectivity index (χ1) is 15.4. The number of thiazole rings is 1. The van der Waals surface area contributed by atoms with Gasteiger partial charge in [0.25, 0.3) is 0 Å². The van der Waals surface area contributed by atoms with Gasteiger partial charge in [-0.3, -0.25) is 14.2 Å². The largest absolute Gasteiger partial charge is 0.379 e. The van der Waals surface area contributed by atoms with Gasteiger partial charge in [0, 0.05) is 18.7 Å². The van der Waals surface area contributed by atoms with Gasteiger partial charge in [-0.15, -0.1) is 0 Å². The van der Waals surface area contributed by atoms with Crippen LogP contribution < -0.4 is 4.87 Å². The molecular formula is C23H24N2O5S2. The van der Waals surface area contributed by atoms with E-state index in [1.807, 2.05) is 18.2 Å². The van der Waals surface area contributed by atoms with Crippen LogP contribution in [0.5, 0.6) is 0 Å². The number of sulfonamides is 1. The van der Waals surface area contributed by atoms with E-state index in [1.54, 1.807) is 13.0 Å². The van der Waals surface area contributed by atoms with Crippen LogP contribution in [-0.4, -0.2) is 49.4 Å². The average Bonchev–Trinajstić information content (AvgIpc) is 3.40. The third kappa shape index (κ3) is 3.63. The summed E-state index contributed by atoms with van der Waals surface area (Å²) in [5.74, 6) is -0.119. The van der Waals surface area contributed by atoms with E-state index in [9.17, 15) is 18.0 Å². The highest BCUT2D eigenvalue weighted by Crippen LogP contribution is 2.29. The van der Waals surface area contributed by atoms with Gasteiger partial charge in [0.2, 0.25) is 10.0 Å². The Labute approximate surface area is 190 Å². The number of hydrogen-bond acceptors (Lipinski definition) is 6. The summed E-state index contributed by atoms with van der Waals surface area (Å²) < 4.78 is 34.6. The molecule has 168 valence electrons. The minimum absolute atomic E-state index is 0.119. The number of hydrogen-bond donors (Lipinski definition) is 0. The number of rotatable bonds is 5. The smallest absolute Gasteiger partial charge is 0.308 e. The summed E-state index contributed by atoms with van der Waals surface area (Å²) in [6.07, 6.45) is 3.13. The second-order valence-corrected chi connectivity index (χ2v) is 11.2. The molecule has 2 aliphatic rings. The molecule has 5 rings (SSSR count). The van der Waals surface area contributed by atoms with Gasteiger partial charge in [-0.2, -0.15) is 4.31 Å². The van der Waals surface area contributed by atoms with Crippen molar-refractivity contribution in [3.05, 3.63) is 62.8 Å². The number of aryl methyl sites for hydroxylation is 2. The lowest BCUT2D eigenvalue weighted by molar-refractivity contribution is 0.0730. The number of ketones is 1. The fourth-order valence-electron chi connectivity index (χ4n) is 4.56. The van der Waals surface area contributed by atoms with Gasteiger partial charge in [0.05, 0.1) is 34.4 Å². The van der Waals surface area contributed by atoms with E-state index in [-0.39, 0.29) is 15.6 Å². The van der Waals surface area contributed by atoms with Gasteiger partial charge in [-0.1, -0.05) is 23.5 Å². The lowest BCUT2D eigenvalue weighted by Crippen LogP contribution is -2.40. The maximum Gasteiger partial charge on any atom is 0.308 e. The summed E-state index contributed by atoms with van der Waals surface area (Å²) in [7, 11) is -3.66. The Bertz CT molecular complexity index is 1370. The normalized spacial score (nSPS) is 18.0. The molecule has 1 fully saturated rings. The molecule has 0 spiro atoms. The number of benzene rings is 2. The molecule has 0 bridgehead atoms. The Morgan fingerprint density at radius 1 is 1.06 bits per heavy atom. The zero-order valence-corrected chi connectivity index (χ0v) is 19.4. The van der Waals surface area contributed by atoms with Crippen molar-refractivity contribution in [2.75, 3.05) is 26.3 Å². The average molecular weight is 473 g/mol. The van der Waals surface area contributed by atoms with Crippen LogP contribution in [0.25, 0.3) is 10.2 Å². The van der Waals surface area contributed by atoms with Crippen molar-refractivity contribution in [2.24, 2.45) is 0 Å². The van der Waals surface area contributed by atoms with Crippen molar-refractivity contribution in [1.82, 2.24) is 8.87 Å². The van der Waals surface area contributed by atoms with Gasteiger partial charge >= 0.3 is 4.87 Å². The predicted molar refractivity (Wildman–Crippen MR) is 123 cm³/mol. The first-order valence-corrected chi connectivity index (χ1v) is 13.0. The third-order valence-corrected chi connectivity index (χ3v) is 9.16. The van der Waals surface area contributed by atoms with Crippen molar-refractivity contribution in [1.29, 1.82) is 0 Å². The Balaban J connectivity index is 1.49. The number of carbonyl (C=O) groups excluding carboxylic acids is 1. The van der Waals surface area contributed by atoms with Crippen molar-refractivity contribution < 1.29 is 17.9 Å². The zero-order chi connectivity index (χ0) is 22.5. The highest BCUT2D eigenvalue weighted by Gasteiger charge is 2.28. The molecule has 3 aromatic rings.